The minimum absolute atomic E-state index is 0. The van der Waals surface area contributed by atoms with Gasteiger partial charge in [0, 0.05) is 40.0 Å². The van der Waals surface area contributed by atoms with Gasteiger partial charge < -0.3 is 20.1 Å². The number of guanidine groups is 1. The maximum absolute atomic E-state index is 5.60. The highest BCUT2D eigenvalue weighted by molar-refractivity contribution is 14.0. The van der Waals surface area contributed by atoms with Crippen LogP contribution in [-0.2, 0) is 9.47 Å². The summed E-state index contributed by atoms with van der Waals surface area (Å²) in [7, 11) is 1.81. The van der Waals surface area contributed by atoms with Crippen LogP contribution in [0.15, 0.2) is 4.99 Å². The van der Waals surface area contributed by atoms with E-state index in [-0.39, 0.29) is 24.0 Å². The normalized spacial score (nSPS) is 22.0. The lowest BCUT2D eigenvalue weighted by atomic mass is 10.2. The third-order valence-corrected chi connectivity index (χ3v) is 3.81. The van der Waals surface area contributed by atoms with Crippen molar-refractivity contribution in [2.24, 2.45) is 10.9 Å². The van der Waals surface area contributed by atoms with E-state index in [0.717, 1.165) is 57.6 Å². The molecule has 2 fully saturated rings. The van der Waals surface area contributed by atoms with Gasteiger partial charge >= 0.3 is 0 Å². The molecule has 1 atom stereocenters. The van der Waals surface area contributed by atoms with Gasteiger partial charge in [-0.1, -0.05) is 0 Å². The van der Waals surface area contributed by atoms with Crippen molar-refractivity contribution in [1.29, 1.82) is 0 Å². The number of rotatable bonds is 9. The predicted molar refractivity (Wildman–Crippen MR) is 96.5 cm³/mol. The molecule has 1 saturated heterocycles. The largest absolute Gasteiger partial charge is 0.381 e. The summed E-state index contributed by atoms with van der Waals surface area (Å²) in [6, 6.07) is 0. The molecule has 0 aromatic heterocycles. The number of aliphatic imine (C=N–C) groups is 1. The zero-order chi connectivity index (χ0) is 14.0. The molecule has 0 radical (unpaired) electrons. The molecule has 2 rings (SSSR count). The Labute approximate surface area is 145 Å². The highest BCUT2D eigenvalue weighted by atomic mass is 127. The van der Waals surface area contributed by atoms with Crippen LogP contribution < -0.4 is 10.6 Å². The molecule has 0 aromatic carbocycles. The molecule has 1 unspecified atom stereocenters. The molecule has 0 amide bonds. The van der Waals surface area contributed by atoms with E-state index >= 15 is 0 Å². The van der Waals surface area contributed by atoms with Gasteiger partial charge in [0.1, 0.15) is 0 Å². The lowest BCUT2D eigenvalue weighted by molar-refractivity contribution is 0.105. The summed E-state index contributed by atoms with van der Waals surface area (Å²) in [6.07, 6.45) is 7.66. The van der Waals surface area contributed by atoms with E-state index in [1.54, 1.807) is 0 Å². The topological polar surface area (TPSA) is 54.9 Å². The molecule has 21 heavy (non-hydrogen) atoms. The lowest BCUT2D eigenvalue weighted by Crippen LogP contribution is -2.39. The quantitative estimate of drug-likeness (QED) is 0.264. The van der Waals surface area contributed by atoms with Crippen LogP contribution >= 0.6 is 24.0 Å². The predicted octanol–water partition coefficient (Wildman–Crippen LogP) is 2.16. The van der Waals surface area contributed by atoms with Crippen molar-refractivity contribution in [3.05, 3.63) is 0 Å². The molecule has 1 saturated carbocycles. The van der Waals surface area contributed by atoms with Gasteiger partial charge in [0.25, 0.3) is 0 Å². The zero-order valence-electron chi connectivity index (χ0n) is 13.1. The average Bonchev–Trinajstić information content (AvgIpc) is 3.14. The molecule has 1 aliphatic heterocycles. The van der Waals surface area contributed by atoms with Crippen LogP contribution in [0.2, 0.25) is 0 Å². The maximum Gasteiger partial charge on any atom is 0.190 e. The molecular weight excluding hydrogens is 381 g/mol. The second-order valence-electron chi connectivity index (χ2n) is 5.72. The Hall–Kier alpha value is -0.0800. The van der Waals surface area contributed by atoms with E-state index in [0.29, 0.717) is 6.10 Å². The molecule has 2 N–H and O–H groups in total. The van der Waals surface area contributed by atoms with Crippen LogP contribution in [0.3, 0.4) is 0 Å². The smallest absolute Gasteiger partial charge is 0.190 e. The number of nitrogens with zero attached hydrogens (tertiary/aromatic N) is 1. The van der Waals surface area contributed by atoms with E-state index < -0.39 is 0 Å². The SMILES string of the molecule is CN=C(NCCCOCC1CC1)NCCC1CCCO1.I. The van der Waals surface area contributed by atoms with E-state index in [1.807, 2.05) is 7.05 Å². The van der Waals surface area contributed by atoms with Crippen molar-refractivity contribution < 1.29 is 9.47 Å². The van der Waals surface area contributed by atoms with Gasteiger partial charge in [0.15, 0.2) is 5.96 Å². The zero-order valence-corrected chi connectivity index (χ0v) is 15.4. The minimum atomic E-state index is 0. The van der Waals surface area contributed by atoms with Crippen molar-refractivity contribution in [3.63, 3.8) is 0 Å². The molecular formula is C15H30IN3O2. The van der Waals surface area contributed by atoms with Crippen LogP contribution in [0.5, 0.6) is 0 Å². The second-order valence-corrected chi connectivity index (χ2v) is 5.72. The summed E-state index contributed by atoms with van der Waals surface area (Å²) < 4.78 is 11.2. The number of ether oxygens (including phenoxy) is 2. The Kier molecular flexibility index (Phi) is 10.4. The molecule has 0 spiro atoms. The van der Waals surface area contributed by atoms with Gasteiger partial charge in [-0.25, -0.2) is 0 Å². The molecule has 0 aromatic rings. The molecule has 124 valence electrons. The fourth-order valence-electron chi connectivity index (χ4n) is 2.36. The van der Waals surface area contributed by atoms with Crippen molar-refractivity contribution in [2.45, 2.75) is 44.6 Å². The fraction of sp³-hybridized carbons (Fsp3) is 0.933. The van der Waals surface area contributed by atoms with Crippen LogP contribution in [0, 0.1) is 5.92 Å². The summed E-state index contributed by atoms with van der Waals surface area (Å²) in [5.74, 6) is 1.74. The van der Waals surface area contributed by atoms with Gasteiger partial charge in [-0.2, -0.15) is 0 Å². The Balaban J connectivity index is 0.00000220. The van der Waals surface area contributed by atoms with E-state index in [2.05, 4.69) is 15.6 Å². The van der Waals surface area contributed by atoms with Crippen LogP contribution in [0.1, 0.15) is 38.5 Å². The van der Waals surface area contributed by atoms with Gasteiger partial charge in [-0.3, -0.25) is 4.99 Å². The molecule has 1 aliphatic carbocycles. The Morgan fingerprint density at radius 2 is 2.05 bits per heavy atom. The third kappa shape index (κ3) is 8.83. The summed E-state index contributed by atoms with van der Waals surface area (Å²) in [6.45, 7) is 4.55. The Bertz CT molecular complexity index is 293. The van der Waals surface area contributed by atoms with Crippen molar-refractivity contribution >= 4 is 29.9 Å². The van der Waals surface area contributed by atoms with Crippen LogP contribution in [0.4, 0.5) is 0 Å². The highest BCUT2D eigenvalue weighted by Crippen LogP contribution is 2.28. The Morgan fingerprint density at radius 3 is 2.71 bits per heavy atom. The number of nitrogens with one attached hydrogen (secondary N) is 2. The van der Waals surface area contributed by atoms with Crippen molar-refractivity contribution in [1.82, 2.24) is 10.6 Å². The third-order valence-electron chi connectivity index (χ3n) is 3.81. The average molecular weight is 411 g/mol. The van der Waals surface area contributed by atoms with Gasteiger partial charge in [-0.05, 0) is 44.4 Å². The highest BCUT2D eigenvalue weighted by Gasteiger charge is 2.20. The number of halogens is 1. The maximum atomic E-state index is 5.60. The molecule has 0 bridgehead atoms. The minimum Gasteiger partial charge on any atom is -0.381 e. The molecule has 2 aliphatic rings. The Morgan fingerprint density at radius 1 is 1.24 bits per heavy atom. The van der Waals surface area contributed by atoms with Crippen molar-refractivity contribution in [3.8, 4) is 0 Å². The van der Waals surface area contributed by atoms with Crippen molar-refractivity contribution in [2.75, 3.05) is 40.0 Å². The van der Waals surface area contributed by atoms with E-state index in [9.17, 15) is 0 Å². The summed E-state index contributed by atoms with van der Waals surface area (Å²) in [5.41, 5.74) is 0. The first-order valence-electron chi connectivity index (χ1n) is 8.02. The first-order valence-corrected chi connectivity index (χ1v) is 8.02. The standard InChI is InChI=1S/C15H29N3O2.HI/c1-16-15(18-9-7-14-4-2-11-20-14)17-8-3-10-19-12-13-5-6-13;/h13-14H,2-12H2,1H3,(H2,16,17,18);1H. The summed E-state index contributed by atoms with van der Waals surface area (Å²) in [4.78, 5) is 4.22. The first-order chi connectivity index (χ1) is 9.88. The van der Waals surface area contributed by atoms with Crippen LogP contribution in [0.25, 0.3) is 0 Å². The van der Waals surface area contributed by atoms with Gasteiger partial charge in [-0.15, -0.1) is 24.0 Å². The summed E-state index contributed by atoms with van der Waals surface area (Å²) >= 11 is 0. The molecule has 1 heterocycles. The van der Waals surface area contributed by atoms with Crippen LogP contribution in [-0.4, -0.2) is 52.0 Å². The van der Waals surface area contributed by atoms with E-state index in [4.69, 9.17) is 9.47 Å². The molecule has 5 nitrogen and oxygen atoms in total. The second kappa shape index (κ2) is 11.5. The van der Waals surface area contributed by atoms with E-state index in [1.165, 1.54) is 25.7 Å². The first kappa shape index (κ1) is 19.0. The number of hydrogen-bond donors (Lipinski definition) is 2. The summed E-state index contributed by atoms with van der Waals surface area (Å²) in [5, 5.41) is 6.65. The lowest BCUT2D eigenvalue weighted by Gasteiger charge is -2.14. The van der Waals surface area contributed by atoms with Gasteiger partial charge in [0.2, 0.25) is 0 Å². The van der Waals surface area contributed by atoms with Gasteiger partial charge in [0.05, 0.1) is 6.10 Å². The monoisotopic (exact) mass is 411 g/mol. The fourth-order valence-corrected chi connectivity index (χ4v) is 2.36. The number of hydrogen-bond acceptors (Lipinski definition) is 3. The molecule has 6 heteroatoms.